The first-order valence-electron chi connectivity index (χ1n) is 9.89. The van der Waals surface area contributed by atoms with Crippen molar-refractivity contribution in [3.05, 3.63) is 94.7 Å². The molecule has 2 aromatic rings. The Morgan fingerprint density at radius 1 is 1.23 bits per heavy atom. The number of aromatic nitrogens is 1. The zero-order valence-corrected chi connectivity index (χ0v) is 17.8. The van der Waals surface area contributed by atoms with Crippen LogP contribution in [0.1, 0.15) is 37.9 Å². The van der Waals surface area contributed by atoms with Crippen LogP contribution in [0.3, 0.4) is 0 Å². The molecular weight excluding hydrogens is 376 g/mol. The van der Waals surface area contributed by atoms with E-state index in [-0.39, 0.29) is 18.2 Å². The van der Waals surface area contributed by atoms with E-state index in [0.717, 1.165) is 33.8 Å². The monoisotopic (exact) mass is 406 g/mol. The molecule has 0 amide bonds. The summed E-state index contributed by atoms with van der Waals surface area (Å²) in [4.78, 5) is 18.5. The van der Waals surface area contributed by atoms with Crippen molar-refractivity contribution in [2.45, 2.75) is 26.8 Å². The minimum absolute atomic E-state index is 0.115. The van der Waals surface area contributed by atoms with E-state index in [1.807, 2.05) is 56.3 Å². The second-order valence-electron chi connectivity index (χ2n) is 6.92. The number of rotatable bonds is 10. The lowest BCUT2D eigenvalue weighted by molar-refractivity contribution is 0.286. The molecule has 30 heavy (non-hydrogen) atoms. The van der Waals surface area contributed by atoms with Crippen LogP contribution in [0.2, 0.25) is 0 Å². The number of H-pyrrole nitrogens is 1. The molecule has 1 atom stereocenters. The molecular formula is C24H30N4O2. The Hall–Kier alpha value is -3.22. The number of aromatic amines is 1. The summed E-state index contributed by atoms with van der Waals surface area (Å²) >= 11 is 0. The van der Waals surface area contributed by atoms with Crippen molar-refractivity contribution in [3.63, 3.8) is 0 Å². The average molecular weight is 407 g/mol. The van der Waals surface area contributed by atoms with Gasteiger partial charge in [0.05, 0.1) is 18.0 Å². The zero-order chi connectivity index (χ0) is 21.9. The van der Waals surface area contributed by atoms with Crippen LogP contribution in [0.15, 0.2) is 83.0 Å². The van der Waals surface area contributed by atoms with Gasteiger partial charge in [0.25, 0.3) is 0 Å². The fourth-order valence-electron chi connectivity index (χ4n) is 2.86. The van der Waals surface area contributed by atoms with E-state index in [1.54, 1.807) is 12.3 Å². The molecule has 0 radical (unpaired) electrons. The number of benzene rings is 1. The van der Waals surface area contributed by atoms with E-state index in [0.29, 0.717) is 6.54 Å². The molecule has 0 saturated heterocycles. The summed E-state index contributed by atoms with van der Waals surface area (Å²) in [6.45, 7) is 10.3. The van der Waals surface area contributed by atoms with Gasteiger partial charge in [-0.25, -0.2) is 0 Å². The number of anilines is 1. The van der Waals surface area contributed by atoms with Crippen LogP contribution in [0.5, 0.6) is 0 Å². The number of aliphatic hydroxyl groups excluding tert-OH is 1. The molecule has 0 bridgehead atoms. The van der Waals surface area contributed by atoms with Gasteiger partial charge in [0.15, 0.2) is 0 Å². The lowest BCUT2D eigenvalue weighted by atomic mass is 10.1. The van der Waals surface area contributed by atoms with Gasteiger partial charge in [-0.15, -0.1) is 0 Å². The van der Waals surface area contributed by atoms with Gasteiger partial charge >= 0.3 is 0 Å². The Bertz CT molecular complexity index is 985. The van der Waals surface area contributed by atoms with Gasteiger partial charge < -0.3 is 20.7 Å². The third-order valence-electron chi connectivity index (χ3n) is 4.66. The highest BCUT2D eigenvalue weighted by atomic mass is 16.3. The van der Waals surface area contributed by atoms with E-state index in [9.17, 15) is 4.79 Å². The van der Waals surface area contributed by atoms with Gasteiger partial charge in [0.2, 0.25) is 5.56 Å². The Morgan fingerprint density at radius 3 is 2.60 bits per heavy atom. The highest BCUT2D eigenvalue weighted by molar-refractivity contribution is 6.01. The lowest BCUT2D eigenvalue weighted by Crippen LogP contribution is -2.22. The maximum atomic E-state index is 11.5. The molecule has 1 aromatic carbocycles. The van der Waals surface area contributed by atoms with Gasteiger partial charge in [-0.1, -0.05) is 24.8 Å². The van der Waals surface area contributed by atoms with Crippen LogP contribution < -0.4 is 16.2 Å². The summed E-state index contributed by atoms with van der Waals surface area (Å²) in [5.41, 5.74) is 5.39. The second-order valence-corrected chi connectivity index (χ2v) is 6.92. The van der Waals surface area contributed by atoms with Gasteiger partial charge in [-0.3, -0.25) is 9.79 Å². The number of pyridine rings is 1. The molecule has 6 nitrogen and oxygen atoms in total. The summed E-state index contributed by atoms with van der Waals surface area (Å²) in [6, 6.07) is 11.7. The predicted octanol–water partition coefficient (Wildman–Crippen LogP) is 4.02. The zero-order valence-electron chi connectivity index (χ0n) is 17.8. The van der Waals surface area contributed by atoms with E-state index in [1.165, 1.54) is 6.20 Å². The molecule has 6 heteroatoms. The first-order chi connectivity index (χ1) is 14.4. The van der Waals surface area contributed by atoms with Crippen LogP contribution in [-0.2, 0) is 0 Å². The SMILES string of the molecule is C=CN=C(C)/C(=C\C=C(/C)c1cc[nH]c(=O)c1)Nc1ccc(C(C)NCCO)cc1. The molecule has 1 heterocycles. The van der Waals surface area contributed by atoms with Crippen molar-refractivity contribution in [2.24, 2.45) is 4.99 Å². The van der Waals surface area contributed by atoms with Crippen LogP contribution in [-0.4, -0.2) is 29.0 Å². The van der Waals surface area contributed by atoms with Crippen molar-refractivity contribution < 1.29 is 5.11 Å². The van der Waals surface area contributed by atoms with E-state index in [4.69, 9.17) is 5.11 Å². The Kier molecular flexibility index (Phi) is 9.00. The van der Waals surface area contributed by atoms with Crippen molar-refractivity contribution in [2.75, 3.05) is 18.5 Å². The number of nitrogens with zero attached hydrogens (tertiary/aromatic N) is 1. The third kappa shape index (κ3) is 6.99. The Morgan fingerprint density at radius 2 is 1.97 bits per heavy atom. The summed E-state index contributed by atoms with van der Waals surface area (Å²) < 4.78 is 0. The Labute approximate surface area is 177 Å². The van der Waals surface area contributed by atoms with Crippen LogP contribution in [0.4, 0.5) is 5.69 Å². The van der Waals surface area contributed by atoms with E-state index in [2.05, 4.69) is 34.1 Å². The third-order valence-corrected chi connectivity index (χ3v) is 4.66. The molecule has 0 saturated carbocycles. The number of hydrogen-bond donors (Lipinski definition) is 4. The van der Waals surface area contributed by atoms with Crippen molar-refractivity contribution in [3.8, 4) is 0 Å². The van der Waals surface area contributed by atoms with Crippen molar-refractivity contribution in [1.82, 2.24) is 10.3 Å². The first kappa shape index (κ1) is 23.1. The van der Waals surface area contributed by atoms with Crippen LogP contribution >= 0.6 is 0 Å². The highest BCUT2D eigenvalue weighted by Crippen LogP contribution is 2.18. The summed E-state index contributed by atoms with van der Waals surface area (Å²) in [6.07, 6.45) is 7.04. The number of hydrogen-bond acceptors (Lipinski definition) is 5. The lowest BCUT2D eigenvalue weighted by Gasteiger charge is -2.15. The number of aliphatic imine (C=N–C) groups is 1. The molecule has 2 rings (SSSR count). The minimum Gasteiger partial charge on any atom is -0.395 e. The predicted molar refractivity (Wildman–Crippen MR) is 126 cm³/mol. The highest BCUT2D eigenvalue weighted by Gasteiger charge is 2.06. The first-order valence-corrected chi connectivity index (χ1v) is 9.89. The average Bonchev–Trinajstić information content (AvgIpc) is 2.75. The van der Waals surface area contributed by atoms with Gasteiger partial charge in [-0.2, -0.15) is 0 Å². The van der Waals surface area contributed by atoms with Gasteiger partial charge in [0.1, 0.15) is 0 Å². The molecule has 0 aliphatic rings. The normalized spacial score (nSPS) is 13.8. The molecule has 0 spiro atoms. The molecule has 1 unspecified atom stereocenters. The summed E-state index contributed by atoms with van der Waals surface area (Å²) in [5, 5.41) is 15.6. The second kappa shape index (κ2) is 11.7. The van der Waals surface area contributed by atoms with Gasteiger partial charge in [-0.05, 0) is 61.7 Å². The van der Waals surface area contributed by atoms with Crippen LogP contribution in [0, 0.1) is 0 Å². The smallest absolute Gasteiger partial charge is 0.248 e. The summed E-state index contributed by atoms with van der Waals surface area (Å²) in [7, 11) is 0. The largest absolute Gasteiger partial charge is 0.395 e. The van der Waals surface area contributed by atoms with Crippen molar-refractivity contribution in [1.29, 1.82) is 0 Å². The molecule has 0 fully saturated rings. The quantitative estimate of drug-likeness (QED) is 0.354. The fraction of sp³-hybridized carbons (Fsp3) is 0.250. The summed E-state index contributed by atoms with van der Waals surface area (Å²) in [5.74, 6) is 0. The fourth-order valence-corrected chi connectivity index (χ4v) is 2.86. The maximum Gasteiger partial charge on any atom is 0.248 e. The molecule has 4 N–H and O–H groups in total. The minimum atomic E-state index is -0.130. The van der Waals surface area contributed by atoms with Crippen LogP contribution in [0.25, 0.3) is 5.57 Å². The molecule has 1 aromatic heterocycles. The van der Waals surface area contributed by atoms with Gasteiger partial charge in [0, 0.05) is 36.7 Å². The molecule has 158 valence electrons. The van der Waals surface area contributed by atoms with Crippen molar-refractivity contribution >= 4 is 17.0 Å². The molecule has 0 aliphatic carbocycles. The van der Waals surface area contributed by atoms with E-state index < -0.39 is 0 Å². The number of aliphatic hydroxyl groups is 1. The standard InChI is InChI=1S/C24H30N4O2/c1-5-25-19(4)23(11-6-17(2)21-12-13-27-24(30)16-21)28-22-9-7-20(8-10-22)18(3)26-14-15-29/h5-13,16,18,26,28-29H,1,14-15H2,2-4H3,(H,27,30)/b17-6+,23-11+,25-19?. The number of nitrogens with one attached hydrogen (secondary N) is 3. The number of allylic oxidation sites excluding steroid dienone is 4. The Balaban J connectivity index is 2.24. The topological polar surface area (TPSA) is 89.5 Å². The maximum absolute atomic E-state index is 11.5. The molecule has 0 aliphatic heterocycles. The van der Waals surface area contributed by atoms with E-state index >= 15 is 0 Å².